The largest absolute Gasteiger partial charge is 0.396 e. The fourth-order valence-electron chi connectivity index (χ4n) is 1.81. The fraction of sp³-hybridized carbons (Fsp3) is 0.583. The second kappa shape index (κ2) is 5.39. The summed E-state index contributed by atoms with van der Waals surface area (Å²) in [5, 5.41) is 3.90. The van der Waals surface area contributed by atoms with E-state index in [9.17, 15) is 0 Å². The van der Waals surface area contributed by atoms with Crippen LogP contribution in [0.15, 0.2) is 12.1 Å². The molecule has 0 atom stereocenters. The van der Waals surface area contributed by atoms with Gasteiger partial charge in [0, 0.05) is 5.54 Å². The Bertz CT molecular complexity index is 340. The molecule has 0 amide bonds. The Hall–Kier alpha value is -0.960. The van der Waals surface area contributed by atoms with Gasteiger partial charge in [-0.3, -0.25) is 0 Å². The number of hydrogen-bond donors (Lipinski definition) is 2. The number of nitrogens with zero attached hydrogens (tertiary/aromatic N) is 1. The maximum atomic E-state index is 5.88. The molecule has 0 fully saturated rings. The second-order valence-electron chi connectivity index (χ2n) is 4.04. The molecule has 0 aliphatic rings. The Morgan fingerprint density at radius 2 is 1.81 bits per heavy atom. The first-order chi connectivity index (χ1) is 7.56. The quantitative estimate of drug-likeness (QED) is 0.773. The van der Waals surface area contributed by atoms with Gasteiger partial charge in [-0.2, -0.15) is 0 Å². The van der Waals surface area contributed by atoms with E-state index < -0.39 is 0 Å². The number of rotatable bonds is 5. The SMILES string of the molecule is CCC(CC)(CC)Nc1nc(Cl)ccc1N. The van der Waals surface area contributed by atoms with Crippen LogP contribution < -0.4 is 11.1 Å². The summed E-state index contributed by atoms with van der Waals surface area (Å²) in [5.74, 6) is 0.693. The van der Waals surface area contributed by atoms with Crippen molar-refractivity contribution in [2.24, 2.45) is 0 Å². The molecule has 90 valence electrons. The van der Waals surface area contributed by atoms with Gasteiger partial charge in [0.15, 0.2) is 5.82 Å². The van der Waals surface area contributed by atoms with E-state index >= 15 is 0 Å². The molecule has 1 aromatic heterocycles. The van der Waals surface area contributed by atoms with Gasteiger partial charge >= 0.3 is 0 Å². The zero-order chi connectivity index (χ0) is 12.2. The van der Waals surface area contributed by atoms with Crippen LogP contribution in [0.5, 0.6) is 0 Å². The third kappa shape index (κ3) is 2.79. The van der Waals surface area contributed by atoms with E-state index in [4.69, 9.17) is 17.3 Å². The molecule has 1 aromatic rings. The van der Waals surface area contributed by atoms with Crippen LogP contribution >= 0.6 is 11.6 Å². The van der Waals surface area contributed by atoms with Crippen LogP contribution in [0.4, 0.5) is 11.5 Å². The number of halogens is 1. The molecule has 0 aliphatic carbocycles. The van der Waals surface area contributed by atoms with Crippen LogP contribution in [0, 0.1) is 0 Å². The van der Waals surface area contributed by atoms with Crippen molar-refractivity contribution in [1.29, 1.82) is 0 Å². The molecule has 0 aliphatic heterocycles. The molecule has 0 bridgehead atoms. The summed E-state index contributed by atoms with van der Waals surface area (Å²) in [5.41, 5.74) is 6.58. The summed E-state index contributed by atoms with van der Waals surface area (Å²) in [7, 11) is 0. The summed E-state index contributed by atoms with van der Waals surface area (Å²) in [6.07, 6.45) is 3.11. The average molecular weight is 242 g/mol. The van der Waals surface area contributed by atoms with Crippen molar-refractivity contribution in [2.75, 3.05) is 11.1 Å². The van der Waals surface area contributed by atoms with E-state index in [-0.39, 0.29) is 5.54 Å². The standard InChI is InChI=1S/C12H20ClN3/c1-4-12(5-2,6-3)16-11-9(14)7-8-10(13)15-11/h7-8H,4-6,14H2,1-3H3,(H,15,16). The number of hydrogen-bond acceptors (Lipinski definition) is 3. The predicted octanol–water partition coefficient (Wildman–Crippen LogP) is 3.70. The number of nitrogens with two attached hydrogens (primary N) is 1. The highest BCUT2D eigenvalue weighted by atomic mass is 35.5. The van der Waals surface area contributed by atoms with E-state index in [1.54, 1.807) is 12.1 Å². The smallest absolute Gasteiger partial charge is 0.151 e. The molecule has 0 saturated heterocycles. The molecule has 3 nitrogen and oxygen atoms in total. The van der Waals surface area contributed by atoms with Gasteiger partial charge < -0.3 is 11.1 Å². The summed E-state index contributed by atoms with van der Waals surface area (Å²) in [6.45, 7) is 6.50. The van der Waals surface area contributed by atoms with Crippen LogP contribution in [0.3, 0.4) is 0 Å². The number of aromatic nitrogens is 1. The summed E-state index contributed by atoms with van der Waals surface area (Å²) in [6, 6.07) is 3.48. The minimum Gasteiger partial charge on any atom is -0.396 e. The van der Waals surface area contributed by atoms with E-state index in [1.165, 1.54) is 0 Å². The molecule has 0 spiro atoms. The Morgan fingerprint density at radius 3 is 2.31 bits per heavy atom. The van der Waals surface area contributed by atoms with Crippen molar-refractivity contribution in [3.63, 3.8) is 0 Å². The number of pyridine rings is 1. The highest BCUT2D eigenvalue weighted by molar-refractivity contribution is 6.29. The average Bonchev–Trinajstić information content (AvgIpc) is 2.31. The van der Waals surface area contributed by atoms with Gasteiger partial charge in [-0.05, 0) is 31.4 Å². The summed E-state index contributed by atoms with van der Waals surface area (Å²) >= 11 is 5.87. The first kappa shape index (κ1) is 13.1. The topological polar surface area (TPSA) is 50.9 Å². The van der Waals surface area contributed by atoms with E-state index in [2.05, 4.69) is 31.1 Å². The van der Waals surface area contributed by atoms with Crippen LogP contribution in [0.2, 0.25) is 5.15 Å². The molecule has 3 N–H and O–H groups in total. The maximum absolute atomic E-state index is 5.88. The van der Waals surface area contributed by atoms with Gasteiger partial charge in [-0.1, -0.05) is 32.4 Å². The molecule has 1 rings (SSSR count). The molecule has 0 saturated carbocycles. The van der Waals surface area contributed by atoms with Crippen molar-refractivity contribution in [1.82, 2.24) is 4.98 Å². The van der Waals surface area contributed by atoms with Crippen molar-refractivity contribution >= 4 is 23.1 Å². The minimum absolute atomic E-state index is 0.0613. The Labute approximate surface area is 102 Å². The van der Waals surface area contributed by atoms with Crippen LogP contribution in [0.1, 0.15) is 40.0 Å². The monoisotopic (exact) mass is 241 g/mol. The number of nitrogens with one attached hydrogen (secondary N) is 1. The third-order valence-corrected chi connectivity index (χ3v) is 3.52. The fourth-order valence-corrected chi connectivity index (χ4v) is 1.96. The first-order valence-electron chi connectivity index (χ1n) is 5.77. The lowest BCUT2D eigenvalue weighted by molar-refractivity contribution is 0.419. The molecule has 0 aromatic carbocycles. The lowest BCUT2D eigenvalue weighted by atomic mass is 9.90. The van der Waals surface area contributed by atoms with Gasteiger partial charge in [-0.25, -0.2) is 4.98 Å². The lowest BCUT2D eigenvalue weighted by Crippen LogP contribution is -2.36. The van der Waals surface area contributed by atoms with Gasteiger partial charge in [0.2, 0.25) is 0 Å². The van der Waals surface area contributed by atoms with Gasteiger partial charge in [-0.15, -0.1) is 0 Å². The maximum Gasteiger partial charge on any atom is 0.151 e. The first-order valence-corrected chi connectivity index (χ1v) is 6.15. The zero-order valence-corrected chi connectivity index (χ0v) is 10.9. The molecule has 0 radical (unpaired) electrons. The third-order valence-electron chi connectivity index (χ3n) is 3.31. The Morgan fingerprint density at radius 1 is 1.25 bits per heavy atom. The normalized spacial score (nSPS) is 11.5. The van der Waals surface area contributed by atoms with Crippen LogP contribution in [0.25, 0.3) is 0 Å². The van der Waals surface area contributed by atoms with Gasteiger partial charge in [0.1, 0.15) is 5.15 Å². The van der Waals surface area contributed by atoms with Crippen molar-refractivity contribution in [2.45, 2.75) is 45.6 Å². The molecule has 1 heterocycles. The second-order valence-corrected chi connectivity index (χ2v) is 4.43. The van der Waals surface area contributed by atoms with Gasteiger partial charge in [0.25, 0.3) is 0 Å². The van der Waals surface area contributed by atoms with Crippen LogP contribution in [-0.2, 0) is 0 Å². The van der Waals surface area contributed by atoms with Crippen LogP contribution in [-0.4, -0.2) is 10.5 Å². The minimum atomic E-state index is 0.0613. The number of anilines is 2. The lowest BCUT2D eigenvalue weighted by Gasteiger charge is -2.32. The zero-order valence-electron chi connectivity index (χ0n) is 10.2. The predicted molar refractivity (Wildman–Crippen MR) is 70.9 cm³/mol. The van der Waals surface area contributed by atoms with E-state index in [1.807, 2.05) is 0 Å². The number of nitrogen functional groups attached to an aromatic ring is 1. The van der Waals surface area contributed by atoms with Crippen molar-refractivity contribution in [3.05, 3.63) is 17.3 Å². The van der Waals surface area contributed by atoms with Crippen molar-refractivity contribution in [3.8, 4) is 0 Å². The molecule has 0 unspecified atom stereocenters. The molecule has 4 heteroatoms. The summed E-state index contributed by atoms with van der Waals surface area (Å²) in [4.78, 5) is 4.23. The highest BCUT2D eigenvalue weighted by Crippen LogP contribution is 2.28. The highest BCUT2D eigenvalue weighted by Gasteiger charge is 2.24. The van der Waals surface area contributed by atoms with E-state index in [0.717, 1.165) is 19.3 Å². The molecular formula is C12H20ClN3. The molecule has 16 heavy (non-hydrogen) atoms. The molecular weight excluding hydrogens is 222 g/mol. The van der Waals surface area contributed by atoms with Crippen molar-refractivity contribution < 1.29 is 0 Å². The Kier molecular flexibility index (Phi) is 4.42. The summed E-state index contributed by atoms with van der Waals surface area (Å²) < 4.78 is 0. The van der Waals surface area contributed by atoms with Gasteiger partial charge in [0.05, 0.1) is 5.69 Å². The van der Waals surface area contributed by atoms with E-state index in [0.29, 0.717) is 16.7 Å². The Balaban J connectivity index is 2.97.